The Morgan fingerprint density at radius 1 is 1.29 bits per heavy atom. The van der Waals surface area contributed by atoms with Gasteiger partial charge in [0.15, 0.2) is 0 Å². The molecule has 0 aliphatic heterocycles. The van der Waals surface area contributed by atoms with Crippen molar-refractivity contribution >= 4 is 21.6 Å². The van der Waals surface area contributed by atoms with Crippen LogP contribution in [-0.2, 0) is 0 Å². The maximum Gasteiger partial charge on any atom is 0.325 e. The van der Waals surface area contributed by atoms with Gasteiger partial charge in [-0.3, -0.25) is 10.1 Å². The normalized spacial score (nSPS) is 10.3. The molecule has 0 fully saturated rings. The number of hydrogen-bond acceptors (Lipinski definition) is 6. The van der Waals surface area contributed by atoms with Crippen LogP contribution < -0.4 is 9.47 Å². The van der Waals surface area contributed by atoms with Crippen LogP contribution in [0.25, 0.3) is 0 Å². The number of ether oxygens (including phenoxy) is 2. The Morgan fingerprint density at radius 3 is 2.62 bits per heavy atom. The molecule has 21 heavy (non-hydrogen) atoms. The summed E-state index contributed by atoms with van der Waals surface area (Å²) in [7, 11) is 1.47. The van der Waals surface area contributed by atoms with Crippen LogP contribution in [0.1, 0.15) is 11.1 Å². The molecule has 1 aromatic heterocycles. The monoisotopic (exact) mass is 353 g/mol. The zero-order chi connectivity index (χ0) is 15.6. The predicted molar refractivity (Wildman–Crippen MR) is 78.9 cm³/mol. The average molecular weight is 354 g/mol. The van der Waals surface area contributed by atoms with Crippen molar-refractivity contribution in [2.75, 3.05) is 7.11 Å². The summed E-state index contributed by atoms with van der Waals surface area (Å²) in [5, 5.41) is 11.0. The largest absolute Gasteiger partial charge is 0.480 e. The van der Waals surface area contributed by atoms with Crippen molar-refractivity contribution in [3.8, 4) is 17.6 Å². The molecular formula is C13H12BrN3O4. The highest BCUT2D eigenvalue weighted by molar-refractivity contribution is 9.10. The van der Waals surface area contributed by atoms with E-state index in [-0.39, 0.29) is 11.7 Å². The number of aryl methyl sites for hydroxylation is 2. The SMILES string of the molecule is COc1nc(Oc2cc([N+](=O)[O-])c(C)cc2C)ncc1Br. The summed E-state index contributed by atoms with van der Waals surface area (Å²) in [5.41, 5.74) is 1.31. The minimum atomic E-state index is -0.454. The van der Waals surface area contributed by atoms with Crippen molar-refractivity contribution in [2.45, 2.75) is 13.8 Å². The first-order valence-corrected chi connectivity index (χ1v) is 6.71. The lowest BCUT2D eigenvalue weighted by molar-refractivity contribution is -0.385. The van der Waals surface area contributed by atoms with E-state index in [0.717, 1.165) is 5.56 Å². The van der Waals surface area contributed by atoms with Gasteiger partial charge in [0.25, 0.3) is 5.69 Å². The molecule has 0 spiro atoms. The van der Waals surface area contributed by atoms with Gasteiger partial charge in [-0.25, -0.2) is 4.98 Å². The molecule has 1 heterocycles. The van der Waals surface area contributed by atoms with Crippen LogP contribution in [-0.4, -0.2) is 22.0 Å². The zero-order valence-electron chi connectivity index (χ0n) is 11.6. The van der Waals surface area contributed by atoms with E-state index in [1.165, 1.54) is 19.4 Å². The van der Waals surface area contributed by atoms with E-state index in [9.17, 15) is 10.1 Å². The van der Waals surface area contributed by atoms with E-state index in [2.05, 4.69) is 25.9 Å². The molecule has 2 aromatic rings. The molecule has 0 unspecified atom stereocenters. The molecule has 1 aromatic carbocycles. The average Bonchev–Trinajstić information content (AvgIpc) is 2.43. The van der Waals surface area contributed by atoms with Crippen molar-refractivity contribution in [1.29, 1.82) is 0 Å². The van der Waals surface area contributed by atoms with Crippen LogP contribution in [0, 0.1) is 24.0 Å². The molecule has 0 N–H and O–H groups in total. The van der Waals surface area contributed by atoms with Gasteiger partial charge >= 0.3 is 6.01 Å². The minimum Gasteiger partial charge on any atom is -0.480 e. The first kappa shape index (κ1) is 15.2. The number of nitro groups is 1. The maximum absolute atomic E-state index is 11.0. The van der Waals surface area contributed by atoms with E-state index < -0.39 is 4.92 Å². The van der Waals surface area contributed by atoms with E-state index in [1.807, 2.05) is 0 Å². The van der Waals surface area contributed by atoms with Crippen molar-refractivity contribution in [3.63, 3.8) is 0 Å². The number of rotatable bonds is 4. The number of benzene rings is 1. The van der Waals surface area contributed by atoms with Crippen LogP contribution in [0.2, 0.25) is 0 Å². The van der Waals surface area contributed by atoms with Crippen molar-refractivity contribution in [2.24, 2.45) is 0 Å². The first-order chi connectivity index (χ1) is 9.92. The molecular weight excluding hydrogens is 342 g/mol. The van der Waals surface area contributed by atoms with Gasteiger partial charge < -0.3 is 9.47 Å². The Bertz CT molecular complexity index is 706. The highest BCUT2D eigenvalue weighted by atomic mass is 79.9. The second-order valence-electron chi connectivity index (χ2n) is 4.27. The maximum atomic E-state index is 11.0. The molecule has 0 atom stereocenters. The van der Waals surface area contributed by atoms with Crippen LogP contribution in [0.5, 0.6) is 17.6 Å². The number of methoxy groups -OCH3 is 1. The predicted octanol–water partition coefficient (Wildman–Crippen LogP) is 3.57. The van der Waals surface area contributed by atoms with E-state index in [4.69, 9.17) is 9.47 Å². The summed E-state index contributed by atoms with van der Waals surface area (Å²) in [5.74, 6) is 0.649. The van der Waals surface area contributed by atoms with Gasteiger partial charge in [-0.1, -0.05) is 0 Å². The zero-order valence-corrected chi connectivity index (χ0v) is 13.2. The molecule has 0 aliphatic carbocycles. The lowest BCUT2D eigenvalue weighted by Crippen LogP contribution is -1.99. The van der Waals surface area contributed by atoms with Crippen LogP contribution in [0.3, 0.4) is 0 Å². The van der Waals surface area contributed by atoms with Crippen molar-refractivity contribution in [1.82, 2.24) is 9.97 Å². The fourth-order valence-electron chi connectivity index (χ4n) is 1.76. The van der Waals surface area contributed by atoms with E-state index in [1.54, 1.807) is 19.9 Å². The lowest BCUT2D eigenvalue weighted by Gasteiger charge is -2.09. The van der Waals surface area contributed by atoms with Crippen molar-refractivity contribution in [3.05, 3.63) is 44.0 Å². The molecule has 110 valence electrons. The fourth-order valence-corrected chi connectivity index (χ4v) is 2.11. The molecule has 0 saturated carbocycles. The summed E-state index contributed by atoms with van der Waals surface area (Å²) in [6.07, 6.45) is 1.49. The molecule has 0 saturated heterocycles. The smallest absolute Gasteiger partial charge is 0.325 e. The van der Waals surface area contributed by atoms with Gasteiger partial charge in [0, 0.05) is 5.56 Å². The molecule has 0 bridgehead atoms. The van der Waals surface area contributed by atoms with Gasteiger partial charge in [0.2, 0.25) is 5.88 Å². The molecule has 8 heteroatoms. The number of halogens is 1. The topological polar surface area (TPSA) is 87.4 Å². The van der Waals surface area contributed by atoms with Crippen LogP contribution >= 0.6 is 15.9 Å². The minimum absolute atomic E-state index is 0.0142. The summed E-state index contributed by atoms with van der Waals surface area (Å²) >= 11 is 3.24. The van der Waals surface area contributed by atoms with Gasteiger partial charge in [-0.2, -0.15) is 4.98 Å². The third kappa shape index (κ3) is 3.27. The summed E-state index contributed by atoms with van der Waals surface area (Å²) in [6, 6.07) is 3.10. The Balaban J connectivity index is 2.39. The van der Waals surface area contributed by atoms with Gasteiger partial charge in [-0.15, -0.1) is 0 Å². The Kier molecular flexibility index (Phi) is 4.37. The Hall–Kier alpha value is -2.22. The summed E-state index contributed by atoms with van der Waals surface area (Å²) in [4.78, 5) is 18.6. The molecule has 0 amide bonds. The van der Waals surface area contributed by atoms with Gasteiger partial charge in [0.05, 0.1) is 28.8 Å². The third-order valence-electron chi connectivity index (χ3n) is 2.77. The van der Waals surface area contributed by atoms with Crippen molar-refractivity contribution < 1.29 is 14.4 Å². The van der Waals surface area contributed by atoms with E-state index >= 15 is 0 Å². The van der Waals surface area contributed by atoms with E-state index in [0.29, 0.717) is 21.7 Å². The van der Waals surface area contributed by atoms with Gasteiger partial charge in [-0.05, 0) is 41.4 Å². The van der Waals surface area contributed by atoms with Gasteiger partial charge in [0.1, 0.15) is 5.75 Å². The number of aromatic nitrogens is 2. The Labute approximate surface area is 129 Å². The third-order valence-corrected chi connectivity index (χ3v) is 3.32. The summed E-state index contributed by atoms with van der Waals surface area (Å²) in [6.45, 7) is 3.47. The highest BCUT2D eigenvalue weighted by Gasteiger charge is 2.16. The number of nitro benzene ring substituents is 1. The first-order valence-electron chi connectivity index (χ1n) is 5.92. The second-order valence-corrected chi connectivity index (χ2v) is 5.13. The molecule has 2 rings (SSSR count). The number of nitrogens with zero attached hydrogens (tertiary/aromatic N) is 3. The fraction of sp³-hybridized carbons (Fsp3) is 0.231. The highest BCUT2D eigenvalue weighted by Crippen LogP contribution is 2.31. The number of hydrogen-bond donors (Lipinski definition) is 0. The molecule has 0 radical (unpaired) electrons. The second kappa shape index (κ2) is 6.04. The Morgan fingerprint density at radius 2 is 2.00 bits per heavy atom. The molecule has 7 nitrogen and oxygen atoms in total. The molecule has 0 aliphatic rings. The lowest BCUT2D eigenvalue weighted by atomic mass is 10.1. The summed E-state index contributed by atoms with van der Waals surface area (Å²) < 4.78 is 11.2. The van der Waals surface area contributed by atoms with Crippen LogP contribution in [0.15, 0.2) is 22.8 Å². The quantitative estimate of drug-likeness (QED) is 0.616. The van der Waals surface area contributed by atoms with Crippen LogP contribution in [0.4, 0.5) is 5.69 Å². The standard InChI is InChI=1S/C13H12BrN3O4/c1-7-4-8(2)11(5-10(7)17(18)19)21-13-15-6-9(14)12(16-13)20-3/h4-6H,1-3H3.